The molecular formula is C66H84N8O8. The number of carbonyl (C=O) groups is 5. The lowest BCUT2D eigenvalue weighted by Gasteiger charge is -2.37. The summed E-state index contributed by atoms with van der Waals surface area (Å²) in [5, 5.41) is 12.7. The van der Waals surface area contributed by atoms with E-state index in [-0.39, 0.29) is 23.8 Å². The monoisotopic (exact) mass is 1120 g/mol. The number of nitrogens with two attached hydrogens (primary N) is 2. The molecule has 0 atom stereocenters. The van der Waals surface area contributed by atoms with Crippen molar-refractivity contribution in [2.24, 2.45) is 0 Å². The summed E-state index contributed by atoms with van der Waals surface area (Å²) >= 11 is 0. The molecular weight excluding hydrogens is 1030 g/mol. The number of aromatic carboxylic acids is 1. The van der Waals surface area contributed by atoms with E-state index in [0.717, 1.165) is 123 Å². The molecule has 3 aliphatic carbocycles. The number of amides is 2. The summed E-state index contributed by atoms with van der Waals surface area (Å²) in [7, 11) is 0. The van der Waals surface area contributed by atoms with Crippen LogP contribution in [-0.4, -0.2) is 134 Å². The number of hydrogen-bond acceptors (Lipinski definition) is 13. The van der Waals surface area contributed by atoms with Gasteiger partial charge >= 0.3 is 18.2 Å². The predicted octanol–water partition coefficient (Wildman–Crippen LogP) is 10.9. The van der Waals surface area contributed by atoms with E-state index in [2.05, 4.69) is 38.2 Å². The molecule has 82 heavy (non-hydrogen) atoms. The molecule has 6 fully saturated rings. The van der Waals surface area contributed by atoms with Crippen molar-refractivity contribution in [1.82, 2.24) is 15.1 Å². The maximum absolute atomic E-state index is 13.1. The summed E-state index contributed by atoms with van der Waals surface area (Å²) in [6, 6.07) is 33.4. The third kappa shape index (κ3) is 15.9. The minimum atomic E-state index is -0.858. The zero-order chi connectivity index (χ0) is 58.3. The van der Waals surface area contributed by atoms with Gasteiger partial charge in [0.1, 0.15) is 11.2 Å². The first-order valence-electron chi connectivity index (χ1n) is 29.5. The average Bonchev–Trinajstić information content (AvgIpc) is 4.50. The molecule has 6 N–H and O–H groups in total. The minimum absolute atomic E-state index is 0.117. The Bertz CT molecular complexity index is 3100. The van der Waals surface area contributed by atoms with Gasteiger partial charge in [0.25, 0.3) is 0 Å². The zero-order valence-electron chi connectivity index (χ0n) is 48.9. The third-order valence-corrected chi connectivity index (χ3v) is 15.9. The molecule has 5 aromatic carbocycles. The number of rotatable bonds is 13. The van der Waals surface area contributed by atoms with Gasteiger partial charge in [0.2, 0.25) is 0 Å². The third-order valence-electron chi connectivity index (χ3n) is 15.9. The number of ketones is 2. The van der Waals surface area contributed by atoms with Gasteiger partial charge in [0.05, 0.1) is 5.56 Å². The van der Waals surface area contributed by atoms with Gasteiger partial charge in [-0.15, -0.1) is 0 Å². The smallest absolute Gasteiger partial charge is 0.410 e. The number of carboxylic acid groups (broad SMARTS) is 1. The number of nitrogen functional groups attached to an aromatic ring is 2. The summed E-state index contributed by atoms with van der Waals surface area (Å²) in [4.78, 5) is 72.3. The van der Waals surface area contributed by atoms with E-state index >= 15 is 0 Å². The number of para-hydroxylation sites is 2. The van der Waals surface area contributed by atoms with Gasteiger partial charge in [0, 0.05) is 131 Å². The van der Waals surface area contributed by atoms with E-state index in [4.69, 9.17) is 20.9 Å². The van der Waals surface area contributed by atoms with Crippen LogP contribution in [0.4, 0.5) is 38.0 Å². The minimum Gasteiger partial charge on any atom is -0.478 e. The molecule has 0 bridgehead atoms. The van der Waals surface area contributed by atoms with Crippen molar-refractivity contribution in [3.05, 3.63) is 148 Å². The fourth-order valence-electron chi connectivity index (χ4n) is 10.9. The Kier molecular flexibility index (Phi) is 18.5. The van der Waals surface area contributed by atoms with Gasteiger partial charge < -0.3 is 55.9 Å². The molecule has 3 heterocycles. The largest absolute Gasteiger partial charge is 0.478 e. The number of Topliss-reactive ketones (excluding diaryl/α,β-unsaturated/α-hetero) is 2. The summed E-state index contributed by atoms with van der Waals surface area (Å²) in [5.41, 5.74) is 23.1. The lowest BCUT2D eigenvalue weighted by molar-refractivity contribution is 0.0230. The van der Waals surface area contributed by atoms with Crippen molar-refractivity contribution in [2.45, 2.75) is 122 Å². The van der Waals surface area contributed by atoms with Crippen LogP contribution in [0.3, 0.4) is 0 Å². The Hall–Kier alpha value is -7.59. The first-order chi connectivity index (χ1) is 39.2. The summed E-state index contributed by atoms with van der Waals surface area (Å²) in [5.74, 6) is 0.829. The molecule has 436 valence electrons. The van der Waals surface area contributed by atoms with Crippen molar-refractivity contribution >= 4 is 58.2 Å². The van der Waals surface area contributed by atoms with Crippen molar-refractivity contribution in [3.8, 4) is 0 Å². The van der Waals surface area contributed by atoms with Crippen molar-refractivity contribution in [3.63, 3.8) is 0 Å². The Morgan fingerprint density at radius 3 is 1.13 bits per heavy atom. The van der Waals surface area contributed by atoms with E-state index in [1.165, 1.54) is 24.1 Å². The standard InChI is InChI=1S/C26H33N3O3.C21H25N3O.C19H26N2O4/c1-26(2,3)32-25(31)29-14-12-28(13-15-29)20-10-11-21(22(17-20)18-8-9-18)24(30)16-19-6-4-5-7-23(19)27;22-20-4-2-1-3-16(20)13-21(25)18-8-7-17(14-19(18)15-5-6-15)24-11-9-23-10-12-24;1-19(2,3)25-18(24)21-10-8-20(9-11-21)14-6-7-15(17(22)23)16(12-14)13-4-5-13/h4-7,10-11,17-18H,8-9,12-16,27H2,1-3H3;1-4,7-8,14-15,23H,5-6,9-13,22H2;6-7,12-13H,4-5,8-11H2,1-3H3,(H,22,23). The molecule has 5 aromatic rings. The molecule has 6 aliphatic rings. The topological polar surface area (TPSA) is 204 Å². The lowest BCUT2D eigenvalue weighted by Crippen LogP contribution is -2.50. The number of nitrogens with zero attached hydrogens (tertiary/aromatic N) is 5. The Labute approximate surface area is 484 Å². The van der Waals surface area contributed by atoms with Gasteiger partial charge in [-0.3, -0.25) is 9.59 Å². The molecule has 0 spiro atoms. The fourth-order valence-corrected chi connectivity index (χ4v) is 10.9. The second kappa shape index (κ2) is 25.7. The fraction of sp³-hybridized carbons (Fsp3) is 0.470. The van der Waals surface area contributed by atoms with E-state index in [0.29, 0.717) is 73.7 Å². The molecule has 0 radical (unpaired) electrons. The highest BCUT2D eigenvalue weighted by Crippen LogP contribution is 2.45. The van der Waals surface area contributed by atoms with Gasteiger partial charge in [-0.05, 0) is 192 Å². The summed E-state index contributed by atoms with van der Waals surface area (Å²) in [6.07, 6.45) is 6.94. The highest BCUT2D eigenvalue weighted by molar-refractivity contribution is 6.01. The molecule has 16 heteroatoms. The van der Waals surface area contributed by atoms with Crippen molar-refractivity contribution in [2.75, 3.05) is 105 Å². The number of carbonyl (C=O) groups excluding carboxylic acids is 4. The van der Waals surface area contributed by atoms with Crippen molar-refractivity contribution < 1.29 is 38.6 Å². The molecule has 3 saturated heterocycles. The number of carboxylic acids is 1. The van der Waals surface area contributed by atoms with Gasteiger partial charge in [0.15, 0.2) is 11.6 Å². The number of ether oxygens (including phenoxy) is 2. The predicted molar refractivity (Wildman–Crippen MR) is 325 cm³/mol. The van der Waals surface area contributed by atoms with Crippen LogP contribution in [0.15, 0.2) is 103 Å². The van der Waals surface area contributed by atoms with E-state index < -0.39 is 17.2 Å². The van der Waals surface area contributed by atoms with Crippen LogP contribution in [0, 0.1) is 0 Å². The van der Waals surface area contributed by atoms with Crippen LogP contribution in [0.2, 0.25) is 0 Å². The summed E-state index contributed by atoms with van der Waals surface area (Å²) < 4.78 is 10.9. The van der Waals surface area contributed by atoms with E-state index in [9.17, 15) is 29.1 Å². The number of piperazine rings is 3. The normalized spacial score (nSPS) is 17.4. The molecule has 2 amide bonds. The Morgan fingerprint density at radius 2 is 0.805 bits per heavy atom. The molecule has 3 saturated carbocycles. The molecule has 0 aromatic heterocycles. The van der Waals surface area contributed by atoms with Crippen LogP contribution in [-0.2, 0) is 22.3 Å². The SMILES string of the molecule is CC(C)(C)OC(=O)N1CCN(c2ccc(C(=O)Cc3ccccc3N)c(C3CC3)c2)CC1.CC(C)(C)OC(=O)N1CCN(c2ccc(C(=O)O)c(C3CC3)c2)CC1.Nc1ccccc1CC(=O)c1ccc(N2CCNCC2)cc1C1CC1. The number of anilines is 5. The first-order valence-corrected chi connectivity index (χ1v) is 29.5. The molecule has 0 unspecified atom stereocenters. The van der Waals surface area contributed by atoms with Crippen LogP contribution >= 0.6 is 0 Å². The van der Waals surface area contributed by atoms with E-state index in [1.807, 2.05) is 120 Å². The maximum atomic E-state index is 13.1. The average molecular weight is 1120 g/mol. The molecule has 16 nitrogen and oxygen atoms in total. The van der Waals surface area contributed by atoms with Gasteiger partial charge in [-0.1, -0.05) is 36.4 Å². The van der Waals surface area contributed by atoms with Crippen molar-refractivity contribution in [1.29, 1.82) is 0 Å². The van der Waals surface area contributed by atoms with Gasteiger partial charge in [-0.2, -0.15) is 0 Å². The highest BCUT2D eigenvalue weighted by Gasteiger charge is 2.34. The van der Waals surface area contributed by atoms with Crippen LogP contribution in [0.5, 0.6) is 0 Å². The quantitative estimate of drug-likeness (QED) is 0.0640. The molecule has 3 aliphatic heterocycles. The van der Waals surface area contributed by atoms with Gasteiger partial charge in [-0.25, -0.2) is 14.4 Å². The second-order valence-electron chi connectivity index (χ2n) is 24.7. The molecule has 11 rings (SSSR count). The number of benzene rings is 5. The van der Waals surface area contributed by atoms with E-state index in [1.54, 1.807) is 15.9 Å². The zero-order valence-corrected chi connectivity index (χ0v) is 48.9. The van der Waals surface area contributed by atoms with Crippen LogP contribution < -0.4 is 31.5 Å². The Balaban J connectivity index is 0.000000150. The first kappa shape index (κ1) is 59.0. The maximum Gasteiger partial charge on any atom is 0.410 e. The van der Waals surface area contributed by atoms with Crippen LogP contribution in [0.1, 0.15) is 157 Å². The van der Waals surface area contributed by atoms with Crippen LogP contribution in [0.25, 0.3) is 0 Å². The lowest BCUT2D eigenvalue weighted by atomic mass is 9.94. The number of nitrogens with one attached hydrogen (secondary N) is 1. The number of hydrogen-bond donors (Lipinski definition) is 4. The summed E-state index contributed by atoms with van der Waals surface area (Å²) in [6.45, 7) is 20.7. The highest BCUT2D eigenvalue weighted by atomic mass is 16.6. The Morgan fingerprint density at radius 1 is 0.476 bits per heavy atom. The second-order valence-corrected chi connectivity index (χ2v) is 24.7.